The normalized spacial score (nSPS) is 16.8. The lowest BCUT2D eigenvalue weighted by atomic mass is 10.1. The van der Waals surface area contributed by atoms with Gasteiger partial charge in [-0.25, -0.2) is 13.2 Å². The number of piperazine rings is 1. The van der Waals surface area contributed by atoms with Gasteiger partial charge in [0.05, 0.1) is 0 Å². The van der Waals surface area contributed by atoms with E-state index >= 15 is 0 Å². The van der Waals surface area contributed by atoms with Gasteiger partial charge in [-0.15, -0.1) is 12.4 Å². The van der Waals surface area contributed by atoms with Gasteiger partial charge in [-0.2, -0.15) is 4.98 Å². The standard InChI is InChI=1S/C18H19ClF3N3O.ClH/c1-2-13-9-23-5-6-25(13)17-15(21)8-16(22)18(24-17)26-10-11-3-4-12(19)7-14(11)20;/h3-4,7-8,13,23H,2,5-6,9-10H2,1H3;1H. The predicted molar refractivity (Wildman–Crippen MR) is 101 cm³/mol. The minimum atomic E-state index is -0.927. The van der Waals surface area contributed by atoms with Crippen LogP contribution in [0.3, 0.4) is 0 Å². The van der Waals surface area contributed by atoms with Crippen LogP contribution in [0, 0.1) is 17.5 Å². The van der Waals surface area contributed by atoms with Crippen molar-refractivity contribution in [2.24, 2.45) is 0 Å². The molecule has 0 saturated carbocycles. The minimum absolute atomic E-state index is 0. The Morgan fingerprint density at radius 3 is 2.70 bits per heavy atom. The summed E-state index contributed by atoms with van der Waals surface area (Å²) in [5.74, 6) is -2.54. The molecule has 1 aromatic carbocycles. The summed E-state index contributed by atoms with van der Waals surface area (Å²) in [7, 11) is 0. The molecule has 2 aromatic rings. The van der Waals surface area contributed by atoms with E-state index in [1.165, 1.54) is 12.1 Å². The third kappa shape index (κ3) is 4.97. The number of nitrogens with one attached hydrogen (secondary N) is 1. The number of nitrogens with zero attached hydrogens (tertiary/aromatic N) is 2. The molecule has 1 N–H and O–H groups in total. The summed E-state index contributed by atoms with van der Waals surface area (Å²) < 4.78 is 47.5. The van der Waals surface area contributed by atoms with Crippen LogP contribution in [0.5, 0.6) is 5.88 Å². The van der Waals surface area contributed by atoms with Crippen LogP contribution in [-0.4, -0.2) is 30.7 Å². The molecule has 0 spiro atoms. The molecule has 0 amide bonds. The number of ether oxygens (including phenoxy) is 1. The number of pyridine rings is 1. The molecular formula is C18H20Cl2F3N3O. The number of aromatic nitrogens is 1. The van der Waals surface area contributed by atoms with E-state index in [0.717, 1.165) is 18.6 Å². The van der Waals surface area contributed by atoms with Crippen LogP contribution in [-0.2, 0) is 6.61 Å². The first-order valence-corrected chi connectivity index (χ1v) is 8.77. The molecule has 148 valence electrons. The lowest BCUT2D eigenvalue weighted by Gasteiger charge is -2.36. The molecular weight excluding hydrogens is 402 g/mol. The van der Waals surface area contributed by atoms with Crippen LogP contribution in [0.2, 0.25) is 5.02 Å². The van der Waals surface area contributed by atoms with E-state index in [9.17, 15) is 13.2 Å². The fourth-order valence-electron chi connectivity index (χ4n) is 2.93. The lowest BCUT2D eigenvalue weighted by molar-refractivity contribution is 0.270. The van der Waals surface area contributed by atoms with Crippen LogP contribution >= 0.6 is 24.0 Å². The molecule has 27 heavy (non-hydrogen) atoms. The Hall–Kier alpha value is -1.70. The van der Waals surface area contributed by atoms with E-state index in [4.69, 9.17) is 16.3 Å². The number of hydrogen-bond acceptors (Lipinski definition) is 4. The van der Waals surface area contributed by atoms with Gasteiger partial charge in [0.25, 0.3) is 5.88 Å². The maximum Gasteiger partial charge on any atom is 0.252 e. The summed E-state index contributed by atoms with van der Waals surface area (Å²) in [4.78, 5) is 5.84. The average Bonchev–Trinajstić information content (AvgIpc) is 2.62. The van der Waals surface area contributed by atoms with Crippen molar-refractivity contribution in [2.45, 2.75) is 26.0 Å². The van der Waals surface area contributed by atoms with Crippen LogP contribution in [0.15, 0.2) is 24.3 Å². The second-order valence-electron chi connectivity index (χ2n) is 6.06. The van der Waals surface area contributed by atoms with Crippen molar-refractivity contribution in [3.8, 4) is 5.88 Å². The maximum absolute atomic E-state index is 14.3. The molecule has 1 aliphatic rings. The van der Waals surface area contributed by atoms with E-state index in [0.29, 0.717) is 19.6 Å². The van der Waals surface area contributed by atoms with Crippen molar-refractivity contribution < 1.29 is 17.9 Å². The fourth-order valence-corrected chi connectivity index (χ4v) is 3.09. The molecule has 9 heteroatoms. The lowest BCUT2D eigenvalue weighted by Crippen LogP contribution is -2.51. The highest BCUT2D eigenvalue weighted by molar-refractivity contribution is 6.30. The molecule has 1 fully saturated rings. The zero-order chi connectivity index (χ0) is 18.7. The van der Waals surface area contributed by atoms with Gasteiger partial charge in [0.15, 0.2) is 17.5 Å². The summed E-state index contributed by atoms with van der Waals surface area (Å²) in [5, 5.41) is 3.49. The van der Waals surface area contributed by atoms with Gasteiger partial charge in [-0.1, -0.05) is 24.6 Å². The summed E-state index contributed by atoms with van der Waals surface area (Å²) in [6.07, 6.45) is 0.789. The Labute approximate surface area is 167 Å². The molecule has 0 aliphatic carbocycles. The first-order chi connectivity index (χ1) is 12.5. The third-order valence-corrected chi connectivity index (χ3v) is 4.59. The van der Waals surface area contributed by atoms with Gasteiger partial charge >= 0.3 is 0 Å². The van der Waals surface area contributed by atoms with Gasteiger partial charge in [0.2, 0.25) is 0 Å². The largest absolute Gasteiger partial charge is 0.471 e. The van der Waals surface area contributed by atoms with Gasteiger partial charge in [-0.05, 0) is 18.6 Å². The van der Waals surface area contributed by atoms with Crippen LogP contribution in [0.4, 0.5) is 19.0 Å². The van der Waals surface area contributed by atoms with Gasteiger partial charge in [-0.3, -0.25) is 0 Å². The molecule has 1 atom stereocenters. The maximum atomic E-state index is 14.3. The number of hydrogen-bond donors (Lipinski definition) is 1. The average molecular weight is 422 g/mol. The fraction of sp³-hybridized carbons (Fsp3) is 0.389. The predicted octanol–water partition coefficient (Wildman–Crippen LogP) is 4.34. The number of benzene rings is 1. The van der Waals surface area contributed by atoms with Gasteiger partial charge < -0.3 is 15.0 Å². The van der Waals surface area contributed by atoms with Crippen molar-refractivity contribution in [1.82, 2.24) is 10.3 Å². The highest BCUT2D eigenvalue weighted by Gasteiger charge is 2.26. The molecule has 1 aromatic heterocycles. The van der Waals surface area contributed by atoms with Crippen LogP contribution in [0.1, 0.15) is 18.9 Å². The minimum Gasteiger partial charge on any atom is -0.471 e. The quantitative estimate of drug-likeness (QED) is 0.778. The van der Waals surface area contributed by atoms with Crippen molar-refractivity contribution in [2.75, 3.05) is 24.5 Å². The van der Waals surface area contributed by atoms with Gasteiger partial charge in [0, 0.05) is 42.3 Å². The van der Waals surface area contributed by atoms with E-state index in [1.54, 1.807) is 4.90 Å². The molecule has 0 bridgehead atoms. The molecule has 3 rings (SSSR count). The summed E-state index contributed by atoms with van der Waals surface area (Å²) >= 11 is 5.71. The second-order valence-corrected chi connectivity index (χ2v) is 6.50. The zero-order valence-electron chi connectivity index (χ0n) is 14.6. The van der Waals surface area contributed by atoms with E-state index in [1.807, 2.05) is 6.92 Å². The molecule has 4 nitrogen and oxygen atoms in total. The van der Waals surface area contributed by atoms with E-state index in [-0.39, 0.29) is 47.3 Å². The summed E-state index contributed by atoms with van der Waals surface area (Å²) in [6, 6.07) is 4.91. The Morgan fingerprint density at radius 1 is 1.22 bits per heavy atom. The number of halogens is 5. The Kier molecular flexibility index (Phi) is 7.59. The highest BCUT2D eigenvalue weighted by Crippen LogP contribution is 2.27. The summed E-state index contributed by atoms with van der Waals surface area (Å²) in [5.41, 5.74) is 0.204. The van der Waals surface area contributed by atoms with Crippen molar-refractivity contribution >= 4 is 29.8 Å². The first-order valence-electron chi connectivity index (χ1n) is 8.39. The smallest absolute Gasteiger partial charge is 0.252 e. The SMILES string of the molecule is CCC1CNCCN1c1nc(OCc2ccc(Cl)cc2F)c(F)cc1F.Cl. The topological polar surface area (TPSA) is 37.4 Å². The van der Waals surface area contributed by atoms with Crippen molar-refractivity contribution in [3.05, 3.63) is 52.3 Å². The van der Waals surface area contributed by atoms with Gasteiger partial charge in [0.1, 0.15) is 12.4 Å². The number of rotatable bonds is 5. The molecule has 1 aliphatic heterocycles. The number of anilines is 1. The van der Waals surface area contributed by atoms with E-state index in [2.05, 4.69) is 10.3 Å². The Bertz CT molecular complexity index is 795. The Balaban J connectivity index is 0.00000261. The summed E-state index contributed by atoms with van der Waals surface area (Å²) in [6.45, 7) is 3.69. The van der Waals surface area contributed by atoms with Crippen LogP contribution < -0.4 is 15.0 Å². The first kappa shape index (κ1) is 21.6. The van der Waals surface area contributed by atoms with Crippen molar-refractivity contribution in [3.63, 3.8) is 0 Å². The molecule has 1 saturated heterocycles. The molecule has 1 unspecified atom stereocenters. The van der Waals surface area contributed by atoms with E-state index < -0.39 is 17.5 Å². The third-order valence-electron chi connectivity index (χ3n) is 4.35. The van der Waals surface area contributed by atoms with Crippen LogP contribution in [0.25, 0.3) is 0 Å². The second kappa shape index (κ2) is 9.48. The highest BCUT2D eigenvalue weighted by atomic mass is 35.5. The molecule has 0 radical (unpaired) electrons. The Morgan fingerprint density at radius 2 is 2.00 bits per heavy atom. The zero-order valence-corrected chi connectivity index (χ0v) is 16.2. The monoisotopic (exact) mass is 421 g/mol. The van der Waals surface area contributed by atoms with Crippen molar-refractivity contribution in [1.29, 1.82) is 0 Å². The molecule has 2 heterocycles.